The first-order chi connectivity index (χ1) is 11.3. The number of hydrogen-bond acceptors (Lipinski definition) is 1. The molecule has 1 fully saturated rings. The van der Waals surface area contributed by atoms with Gasteiger partial charge in [-0.05, 0) is 42.9 Å². The van der Waals surface area contributed by atoms with E-state index in [0.29, 0.717) is 0 Å². The first-order valence-electron chi connectivity index (χ1n) is 8.82. The van der Waals surface area contributed by atoms with Crippen LogP contribution >= 0.6 is 0 Å². The molecule has 1 saturated carbocycles. The normalized spacial score (nSPS) is 16.7. The second-order valence-electron chi connectivity index (χ2n) is 6.78. The lowest BCUT2D eigenvalue weighted by atomic mass is 9.79. The first-order valence-corrected chi connectivity index (χ1v) is 8.82. The topological polar surface area (TPSA) is 12.0 Å². The molecule has 1 N–H and O–H groups in total. The summed E-state index contributed by atoms with van der Waals surface area (Å²) < 4.78 is 0. The Labute approximate surface area is 140 Å². The zero-order valence-corrected chi connectivity index (χ0v) is 13.9. The van der Waals surface area contributed by atoms with Crippen molar-refractivity contribution in [3.05, 3.63) is 78.4 Å². The quantitative estimate of drug-likeness (QED) is 0.648. The Hall–Kier alpha value is -2.02. The highest BCUT2D eigenvalue weighted by Crippen LogP contribution is 2.35. The van der Waals surface area contributed by atoms with Crippen molar-refractivity contribution in [1.82, 2.24) is 0 Å². The number of anilines is 1. The van der Waals surface area contributed by atoms with Crippen LogP contribution in [0.2, 0.25) is 0 Å². The molecule has 1 heteroatoms. The summed E-state index contributed by atoms with van der Waals surface area (Å²) in [7, 11) is 0. The molecule has 2 aromatic rings. The number of rotatable bonds is 6. The van der Waals surface area contributed by atoms with Crippen LogP contribution in [-0.4, -0.2) is 5.54 Å². The molecule has 120 valence electrons. The van der Waals surface area contributed by atoms with E-state index < -0.39 is 0 Å². The van der Waals surface area contributed by atoms with Gasteiger partial charge in [-0.3, -0.25) is 0 Å². The molecule has 23 heavy (non-hydrogen) atoms. The maximum atomic E-state index is 3.99. The van der Waals surface area contributed by atoms with Crippen molar-refractivity contribution in [3.63, 3.8) is 0 Å². The number of nitrogens with one attached hydrogen (secondary N) is 1. The fourth-order valence-corrected chi connectivity index (χ4v) is 3.78. The standard InChI is InChI=1S/C22H27N/c1-2-15-22(16-9-4-10-17-22)23-21-14-8-7-13-20(21)18-19-11-5-3-6-12-19/h2-3,5-8,11-14,23H,1,4,9-10,15-18H2. The summed E-state index contributed by atoms with van der Waals surface area (Å²) in [6.45, 7) is 3.99. The Morgan fingerprint density at radius 1 is 0.913 bits per heavy atom. The number of benzene rings is 2. The van der Waals surface area contributed by atoms with E-state index in [4.69, 9.17) is 0 Å². The third kappa shape index (κ3) is 4.04. The van der Waals surface area contributed by atoms with Gasteiger partial charge >= 0.3 is 0 Å². The van der Waals surface area contributed by atoms with Crippen LogP contribution in [0.3, 0.4) is 0 Å². The van der Waals surface area contributed by atoms with Crippen molar-refractivity contribution >= 4 is 5.69 Å². The van der Waals surface area contributed by atoms with Crippen LogP contribution < -0.4 is 5.32 Å². The van der Waals surface area contributed by atoms with Crippen LogP contribution in [0, 0.1) is 0 Å². The molecule has 3 rings (SSSR count). The van der Waals surface area contributed by atoms with Crippen molar-refractivity contribution in [2.75, 3.05) is 5.32 Å². The van der Waals surface area contributed by atoms with Gasteiger partial charge in [0.1, 0.15) is 0 Å². The van der Waals surface area contributed by atoms with E-state index in [1.165, 1.54) is 48.9 Å². The highest BCUT2D eigenvalue weighted by atomic mass is 15.0. The monoisotopic (exact) mass is 305 g/mol. The van der Waals surface area contributed by atoms with Gasteiger partial charge in [0.05, 0.1) is 0 Å². The summed E-state index contributed by atoms with van der Waals surface area (Å²) in [6.07, 6.45) is 10.6. The number of para-hydroxylation sites is 1. The molecule has 0 atom stereocenters. The van der Waals surface area contributed by atoms with Crippen molar-refractivity contribution in [2.45, 2.75) is 50.5 Å². The Morgan fingerprint density at radius 3 is 2.35 bits per heavy atom. The van der Waals surface area contributed by atoms with Gasteiger partial charge in [0, 0.05) is 11.2 Å². The molecule has 1 aliphatic rings. The predicted octanol–water partition coefficient (Wildman–Crippen LogP) is 5.97. The van der Waals surface area contributed by atoms with Gasteiger partial charge in [-0.2, -0.15) is 0 Å². The minimum Gasteiger partial charge on any atom is -0.379 e. The lowest BCUT2D eigenvalue weighted by Gasteiger charge is -2.39. The van der Waals surface area contributed by atoms with Crippen LogP contribution in [0.4, 0.5) is 5.69 Å². The van der Waals surface area contributed by atoms with Crippen LogP contribution in [0.25, 0.3) is 0 Å². The number of hydrogen-bond donors (Lipinski definition) is 1. The third-order valence-corrected chi connectivity index (χ3v) is 5.00. The summed E-state index contributed by atoms with van der Waals surface area (Å²) in [5, 5.41) is 3.91. The Balaban J connectivity index is 1.83. The Morgan fingerprint density at radius 2 is 1.61 bits per heavy atom. The van der Waals surface area contributed by atoms with Crippen LogP contribution in [0.5, 0.6) is 0 Å². The lowest BCUT2D eigenvalue weighted by Crippen LogP contribution is -2.40. The predicted molar refractivity (Wildman–Crippen MR) is 99.9 cm³/mol. The highest BCUT2D eigenvalue weighted by molar-refractivity contribution is 5.54. The lowest BCUT2D eigenvalue weighted by molar-refractivity contribution is 0.326. The van der Waals surface area contributed by atoms with E-state index >= 15 is 0 Å². The Kier molecular flexibility index (Phi) is 5.17. The van der Waals surface area contributed by atoms with Gasteiger partial charge in [0.2, 0.25) is 0 Å². The molecule has 1 nitrogen and oxygen atoms in total. The highest BCUT2D eigenvalue weighted by Gasteiger charge is 2.30. The first kappa shape index (κ1) is 15.9. The van der Waals surface area contributed by atoms with Crippen LogP contribution in [-0.2, 0) is 6.42 Å². The molecule has 0 bridgehead atoms. The molecule has 0 unspecified atom stereocenters. The van der Waals surface area contributed by atoms with Gasteiger partial charge < -0.3 is 5.32 Å². The zero-order chi connectivity index (χ0) is 16.0. The van der Waals surface area contributed by atoms with E-state index in [1.54, 1.807) is 0 Å². The van der Waals surface area contributed by atoms with Gasteiger partial charge in [-0.25, -0.2) is 0 Å². The minimum atomic E-state index is 0.201. The fraction of sp³-hybridized carbons (Fsp3) is 0.364. The Bertz CT molecular complexity index is 623. The molecule has 0 radical (unpaired) electrons. The molecule has 2 aromatic carbocycles. The van der Waals surface area contributed by atoms with Gasteiger partial charge in [-0.15, -0.1) is 6.58 Å². The van der Waals surface area contributed by atoms with E-state index in [9.17, 15) is 0 Å². The summed E-state index contributed by atoms with van der Waals surface area (Å²) in [4.78, 5) is 0. The van der Waals surface area contributed by atoms with E-state index in [0.717, 1.165) is 12.8 Å². The van der Waals surface area contributed by atoms with E-state index in [-0.39, 0.29) is 5.54 Å². The smallest absolute Gasteiger partial charge is 0.0408 e. The average molecular weight is 305 g/mol. The van der Waals surface area contributed by atoms with Gasteiger partial charge in [0.15, 0.2) is 0 Å². The second-order valence-corrected chi connectivity index (χ2v) is 6.78. The molecule has 0 saturated heterocycles. The van der Waals surface area contributed by atoms with Crippen molar-refractivity contribution in [3.8, 4) is 0 Å². The summed E-state index contributed by atoms with van der Waals surface area (Å²) in [5.74, 6) is 0. The fourth-order valence-electron chi connectivity index (χ4n) is 3.78. The van der Waals surface area contributed by atoms with Gasteiger partial charge in [-0.1, -0.05) is 73.9 Å². The van der Waals surface area contributed by atoms with Crippen molar-refractivity contribution in [1.29, 1.82) is 0 Å². The van der Waals surface area contributed by atoms with Crippen LogP contribution in [0.15, 0.2) is 67.3 Å². The molecule has 0 amide bonds. The maximum absolute atomic E-state index is 3.99. The molecule has 0 spiro atoms. The molecule has 0 aliphatic heterocycles. The molecular formula is C22H27N. The largest absolute Gasteiger partial charge is 0.379 e. The van der Waals surface area contributed by atoms with E-state index in [2.05, 4.69) is 72.6 Å². The second kappa shape index (κ2) is 7.50. The zero-order valence-electron chi connectivity index (χ0n) is 13.9. The van der Waals surface area contributed by atoms with Crippen molar-refractivity contribution < 1.29 is 0 Å². The molecule has 1 aliphatic carbocycles. The summed E-state index contributed by atoms with van der Waals surface area (Å²) in [5.41, 5.74) is 4.24. The average Bonchev–Trinajstić information content (AvgIpc) is 2.59. The molecule has 0 aromatic heterocycles. The minimum absolute atomic E-state index is 0.201. The molecular weight excluding hydrogens is 278 g/mol. The molecule has 0 heterocycles. The van der Waals surface area contributed by atoms with Crippen molar-refractivity contribution in [2.24, 2.45) is 0 Å². The van der Waals surface area contributed by atoms with E-state index in [1.807, 2.05) is 0 Å². The third-order valence-electron chi connectivity index (χ3n) is 5.00. The van der Waals surface area contributed by atoms with Gasteiger partial charge in [0.25, 0.3) is 0 Å². The SMILES string of the molecule is C=CCC1(Nc2ccccc2Cc2ccccc2)CCCCC1. The summed E-state index contributed by atoms with van der Waals surface area (Å²) in [6, 6.07) is 19.5. The van der Waals surface area contributed by atoms with Crippen LogP contribution in [0.1, 0.15) is 49.7 Å². The maximum Gasteiger partial charge on any atom is 0.0408 e. The summed E-state index contributed by atoms with van der Waals surface area (Å²) >= 11 is 0.